The predicted molar refractivity (Wildman–Crippen MR) is 126 cm³/mol. The third-order valence-electron chi connectivity index (χ3n) is 5.08. The van der Waals surface area contributed by atoms with Crippen molar-refractivity contribution >= 4 is 21.6 Å². The second-order valence-corrected chi connectivity index (χ2v) is 9.56. The van der Waals surface area contributed by atoms with E-state index in [9.17, 15) is 17.6 Å². The maximum Gasteiger partial charge on any atom is 0.243 e. The van der Waals surface area contributed by atoms with Crippen LogP contribution in [0.15, 0.2) is 71.6 Å². The Bertz CT molecular complexity index is 1230. The molecule has 33 heavy (non-hydrogen) atoms. The van der Waals surface area contributed by atoms with Gasteiger partial charge in [-0.1, -0.05) is 36.4 Å². The lowest BCUT2D eigenvalue weighted by Crippen LogP contribution is -2.37. The van der Waals surface area contributed by atoms with Gasteiger partial charge in [0.1, 0.15) is 11.6 Å². The van der Waals surface area contributed by atoms with E-state index < -0.39 is 28.3 Å². The maximum absolute atomic E-state index is 13.6. The zero-order valence-electron chi connectivity index (χ0n) is 18.8. The molecular weight excluding hydrogens is 443 g/mol. The lowest BCUT2D eigenvalue weighted by Gasteiger charge is -2.23. The number of halogens is 1. The van der Waals surface area contributed by atoms with E-state index in [0.29, 0.717) is 29.2 Å². The van der Waals surface area contributed by atoms with Gasteiger partial charge in [-0.15, -0.1) is 0 Å². The van der Waals surface area contributed by atoms with Crippen LogP contribution in [-0.2, 0) is 21.4 Å². The number of nitrogens with zero attached hydrogens (tertiary/aromatic N) is 1. The highest BCUT2D eigenvalue weighted by Gasteiger charge is 2.28. The van der Waals surface area contributed by atoms with Gasteiger partial charge in [0.05, 0.1) is 18.0 Å². The summed E-state index contributed by atoms with van der Waals surface area (Å²) in [5.41, 5.74) is 2.38. The van der Waals surface area contributed by atoms with E-state index in [4.69, 9.17) is 4.74 Å². The number of sulfonamides is 1. The van der Waals surface area contributed by atoms with Gasteiger partial charge < -0.3 is 10.1 Å². The molecule has 0 unspecified atom stereocenters. The summed E-state index contributed by atoms with van der Waals surface area (Å²) in [5, 5.41) is 2.62. The van der Waals surface area contributed by atoms with Gasteiger partial charge in [-0.05, 0) is 67.8 Å². The Hall–Kier alpha value is -3.23. The van der Waals surface area contributed by atoms with Crippen molar-refractivity contribution in [3.8, 4) is 5.75 Å². The largest absolute Gasteiger partial charge is 0.494 e. The summed E-state index contributed by atoms with van der Waals surface area (Å²) in [4.78, 5) is 12.9. The quantitative estimate of drug-likeness (QED) is 0.493. The molecule has 0 aliphatic rings. The average molecular weight is 471 g/mol. The molecule has 3 rings (SSSR count). The Morgan fingerprint density at radius 3 is 2.39 bits per heavy atom. The molecule has 0 heterocycles. The highest BCUT2D eigenvalue weighted by Crippen LogP contribution is 2.25. The first kappa shape index (κ1) is 24.4. The molecule has 0 aliphatic heterocycles. The van der Waals surface area contributed by atoms with Crippen LogP contribution in [0.3, 0.4) is 0 Å². The van der Waals surface area contributed by atoms with E-state index in [2.05, 4.69) is 5.32 Å². The van der Waals surface area contributed by atoms with Crippen molar-refractivity contribution in [1.29, 1.82) is 0 Å². The van der Waals surface area contributed by atoms with Crippen molar-refractivity contribution < 1.29 is 22.3 Å². The number of hydrogen-bond donors (Lipinski definition) is 1. The zero-order valence-corrected chi connectivity index (χ0v) is 19.7. The van der Waals surface area contributed by atoms with Crippen molar-refractivity contribution in [2.24, 2.45) is 0 Å². The summed E-state index contributed by atoms with van der Waals surface area (Å²) in [5.74, 6) is -0.453. The van der Waals surface area contributed by atoms with Crippen LogP contribution in [-0.4, -0.2) is 31.8 Å². The monoisotopic (exact) mass is 470 g/mol. The zero-order chi connectivity index (χ0) is 24.0. The molecule has 0 saturated heterocycles. The SMILES string of the molecule is CCOc1ccc(S(=O)(=O)N(CC(=O)Nc2cc(F)ccc2C)Cc2ccccc2)cc1C. The number of amides is 1. The average Bonchev–Trinajstić information content (AvgIpc) is 2.78. The normalized spacial score (nSPS) is 11.4. The first-order chi connectivity index (χ1) is 15.7. The number of aryl methyl sites for hydroxylation is 2. The van der Waals surface area contributed by atoms with Crippen molar-refractivity contribution in [3.05, 3.63) is 89.2 Å². The first-order valence-corrected chi connectivity index (χ1v) is 12.0. The van der Waals surface area contributed by atoms with Gasteiger partial charge in [-0.3, -0.25) is 4.79 Å². The van der Waals surface area contributed by atoms with Crippen LogP contribution in [0.2, 0.25) is 0 Å². The second kappa shape index (κ2) is 10.6. The van der Waals surface area contributed by atoms with Crippen LogP contribution < -0.4 is 10.1 Å². The van der Waals surface area contributed by atoms with Crippen molar-refractivity contribution in [3.63, 3.8) is 0 Å². The minimum Gasteiger partial charge on any atom is -0.494 e. The number of nitrogens with one attached hydrogen (secondary N) is 1. The molecule has 1 N–H and O–H groups in total. The Labute approximate surface area is 194 Å². The molecule has 8 heteroatoms. The van der Waals surface area contributed by atoms with Crippen LogP contribution in [0.1, 0.15) is 23.6 Å². The third kappa shape index (κ3) is 6.18. The summed E-state index contributed by atoms with van der Waals surface area (Å²) in [7, 11) is -4.02. The Balaban J connectivity index is 1.91. The number of rotatable bonds is 9. The lowest BCUT2D eigenvalue weighted by atomic mass is 10.2. The van der Waals surface area contributed by atoms with Gasteiger partial charge in [0.2, 0.25) is 15.9 Å². The standard InChI is InChI=1S/C25H27FN2O4S/c1-4-32-24-13-12-22(14-19(24)3)33(30,31)28(16-20-8-6-5-7-9-20)17-25(29)27-23-15-21(26)11-10-18(23)2/h5-15H,4,16-17H2,1-3H3,(H,27,29). The van der Waals surface area contributed by atoms with Gasteiger partial charge in [0.25, 0.3) is 0 Å². The summed E-state index contributed by atoms with van der Waals surface area (Å²) in [6.45, 7) is 5.39. The summed E-state index contributed by atoms with van der Waals surface area (Å²) >= 11 is 0. The van der Waals surface area contributed by atoms with Gasteiger partial charge in [0, 0.05) is 12.2 Å². The fourth-order valence-corrected chi connectivity index (χ4v) is 4.81. The fraction of sp³-hybridized carbons (Fsp3) is 0.240. The van der Waals surface area contributed by atoms with Crippen molar-refractivity contribution in [2.45, 2.75) is 32.2 Å². The number of carbonyl (C=O) groups excluding carboxylic acids is 1. The van der Waals surface area contributed by atoms with E-state index in [-0.39, 0.29) is 11.4 Å². The number of ether oxygens (including phenoxy) is 1. The Kier molecular flexibility index (Phi) is 7.84. The minimum absolute atomic E-state index is 0.00495. The number of carbonyl (C=O) groups is 1. The van der Waals surface area contributed by atoms with Gasteiger partial charge in [-0.25, -0.2) is 12.8 Å². The number of benzene rings is 3. The molecule has 0 saturated carbocycles. The predicted octanol–water partition coefficient (Wildman–Crippen LogP) is 4.67. The molecule has 0 spiro atoms. The van der Waals surface area contributed by atoms with Crippen LogP contribution in [0.5, 0.6) is 5.75 Å². The molecule has 0 aromatic heterocycles. The molecule has 3 aromatic carbocycles. The molecule has 3 aromatic rings. The summed E-state index contributed by atoms with van der Waals surface area (Å²) < 4.78 is 47.3. The van der Waals surface area contributed by atoms with E-state index in [0.717, 1.165) is 9.87 Å². The van der Waals surface area contributed by atoms with Gasteiger partial charge in [-0.2, -0.15) is 4.31 Å². The lowest BCUT2D eigenvalue weighted by molar-refractivity contribution is -0.116. The van der Waals surface area contributed by atoms with Gasteiger partial charge >= 0.3 is 0 Å². The van der Waals surface area contributed by atoms with Crippen molar-refractivity contribution in [1.82, 2.24) is 4.31 Å². The first-order valence-electron chi connectivity index (χ1n) is 10.5. The smallest absolute Gasteiger partial charge is 0.243 e. The molecular formula is C25H27FN2O4S. The molecule has 0 fully saturated rings. The van der Waals surface area contributed by atoms with Crippen LogP contribution in [0.25, 0.3) is 0 Å². The third-order valence-corrected chi connectivity index (χ3v) is 6.87. The highest BCUT2D eigenvalue weighted by molar-refractivity contribution is 7.89. The van der Waals surface area contributed by atoms with E-state index in [1.54, 1.807) is 50.2 Å². The van der Waals surface area contributed by atoms with Crippen LogP contribution in [0, 0.1) is 19.7 Å². The molecule has 0 bridgehead atoms. The number of hydrogen-bond acceptors (Lipinski definition) is 4. The van der Waals surface area contributed by atoms with Crippen LogP contribution in [0.4, 0.5) is 10.1 Å². The summed E-state index contributed by atoms with van der Waals surface area (Å²) in [6, 6.07) is 17.7. The maximum atomic E-state index is 13.6. The molecule has 0 radical (unpaired) electrons. The topological polar surface area (TPSA) is 75.7 Å². The molecule has 0 aliphatic carbocycles. The fourth-order valence-electron chi connectivity index (χ4n) is 3.34. The van der Waals surface area contributed by atoms with E-state index in [1.165, 1.54) is 24.3 Å². The van der Waals surface area contributed by atoms with Crippen molar-refractivity contribution in [2.75, 3.05) is 18.5 Å². The number of anilines is 1. The molecule has 0 atom stereocenters. The minimum atomic E-state index is -4.02. The van der Waals surface area contributed by atoms with E-state index >= 15 is 0 Å². The molecule has 174 valence electrons. The van der Waals surface area contributed by atoms with Gasteiger partial charge in [0.15, 0.2) is 0 Å². The molecule has 6 nitrogen and oxygen atoms in total. The Morgan fingerprint density at radius 2 is 1.73 bits per heavy atom. The second-order valence-electron chi connectivity index (χ2n) is 7.63. The molecule has 1 amide bonds. The highest BCUT2D eigenvalue weighted by atomic mass is 32.2. The van der Waals surface area contributed by atoms with Crippen LogP contribution >= 0.6 is 0 Å². The summed E-state index contributed by atoms with van der Waals surface area (Å²) in [6.07, 6.45) is 0. The van der Waals surface area contributed by atoms with E-state index in [1.807, 2.05) is 13.0 Å². The Morgan fingerprint density at radius 1 is 1.00 bits per heavy atom.